The van der Waals surface area contributed by atoms with Gasteiger partial charge in [0.25, 0.3) is 0 Å². The van der Waals surface area contributed by atoms with Crippen LogP contribution in [0.25, 0.3) is 0 Å². The summed E-state index contributed by atoms with van der Waals surface area (Å²) in [6.45, 7) is 2.68. The molecule has 0 radical (unpaired) electrons. The number of hydrogen-bond acceptors (Lipinski definition) is 2. The summed E-state index contributed by atoms with van der Waals surface area (Å²) in [5.74, 6) is 0.732. The number of likely N-dealkylation sites (tertiary alicyclic amines) is 1. The van der Waals surface area contributed by atoms with Gasteiger partial charge in [-0.3, -0.25) is 4.79 Å². The fraction of sp³-hybridized carbons (Fsp3) is 0.533. The van der Waals surface area contributed by atoms with E-state index in [9.17, 15) is 4.79 Å². The molecule has 5 heteroatoms. The minimum Gasteiger partial charge on any atom is -0.342 e. The lowest BCUT2D eigenvalue weighted by molar-refractivity contribution is -0.132. The van der Waals surface area contributed by atoms with Crippen molar-refractivity contribution in [3.8, 4) is 0 Å². The number of carbonyl (C=O) groups excluding carboxylic acids is 1. The molecule has 0 bridgehead atoms. The minimum atomic E-state index is 0.171. The summed E-state index contributed by atoms with van der Waals surface area (Å²) in [4.78, 5) is 14.3. The van der Waals surface area contributed by atoms with E-state index in [-0.39, 0.29) is 5.91 Å². The number of benzene rings is 1. The van der Waals surface area contributed by atoms with Gasteiger partial charge in [0.05, 0.1) is 16.5 Å². The Morgan fingerprint density at radius 2 is 2.20 bits per heavy atom. The quantitative estimate of drug-likeness (QED) is 0.926. The van der Waals surface area contributed by atoms with Gasteiger partial charge < -0.3 is 10.2 Å². The zero-order valence-corrected chi connectivity index (χ0v) is 13.2. The SMILES string of the molecule is CNCC1CCCN(C(=O)Cc2ccc(Cl)c(Cl)c2)C1. The predicted octanol–water partition coefficient (Wildman–Crippen LogP) is 2.99. The first-order chi connectivity index (χ1) is 9.60. The summed E-state index contributed by atoms with van der Waals surface area (Å²) in [6.07, 6.45) is 2.67. The number of rotatable bonds is 4. The second-order valence-corrected chi connectivity index (χ2v) is 6.15. The van der Waals surface area contributed by atoms with Crippen molar-refractivity contribution in [2.75, 3.05) is 26.7 Å². The first-order valence-electron chi connectivity index (χ1n) is 6.96. The molecule has 110 valence electrons. The molecule has 3 nitrogen and oxygen atoms in total. The Kier molecular flexibility index (Phi) is 5.70. The molecule has 0 saturated carbocycles. The van der Waals surface area contributed by atoms with Gasteiger partial charge in [0.1, 0.15) is 0 Å². The Labute approximate surface area is 130 Å². The average molecular weight is 315 g/mol. The highest BCUT2D eigenvalue weighted by atomic mass is 35.5. The Bertz CT molecular complexity index is 477. The first-order valence-corrected chi connectivity index (χ1v) is 7.72. The van der Waals surface area contributed by atoms with E-state index in [0.29, 0.717) is 22.4 Å². The molecule has 1 N–H and O–H groups in total. The molecule has 1 aromatic rings. The molecule has 1 aliphatic heterocycles. The second-order valence-electron chi connectivity index (χ2n) is 5.33. The molecule has 1 heterocycles. The number of nitrogens with zero attached hydrogens (tertiary/aromatic N) is 1. The number of amides is 1. The Hall–Kier alpha value is -0.770. The van der Waals surface area contributed by atoms with Gasteiger partial charge in [-0.1, -0.05) is 29.3 Å². The van der Waals surface area contributed by atoms with E-state index in [4.69, 9.17) is 23.2 Å². The molecule has 1 amide bonds. The Morgan fingerprint density at radius 3 is 2.90 bits per heavy atom. The monoisotopic (exact) mass is 314 g/mol. The lowest BCUT2D eigenvalue weighted by Gasteiger charge is -2.32. The van der Waals surface area contributed by atoms with Crippen molar-refractivity contribution in [1.29, 1.82) is 0 Å². The molecule has 0 aliphatic carbocycles. The maximum absolute atomic E-state index is 12.3. The van der Waals surface area contributed by atoms with Crippen LogP contribution in [-0.2, 0) is 11.2 Å². The van der Waals surface area contributed by atoms with Gasteiger partial charge >= 0.3 is 0 Å². The lowest BCUT2D eigenvalue weighted by Crippen LogP contribution is -2.43. The third kappa shape index (κ3) is 4.11. The molecular formula is C15H20Cl2N2O. The topological polar surface area (TPSA) is 32.3 Å². The van der Waals surface area contributed by atoms with Gasteiger partial charge in [-0.2, -0.15) is 0 Å². The first kappa shape index (κ1) is 15.6. The van der Waals surface area contributed by atoms with E-state index in [0.717, 1.165) is 31.6 Å². The summed E-state index contributed by atoms with van der Waals surface area (Å²) >= 11 is 11.9. The van der Waals surface area contributed by atoms with Crippen LogP contribution in [0.15, 0.2) is 18.2 Å². The molecule has 0 spiro atoms. The molecule has 20 heavy (non-hydrogen) atoms. The maximum atomic E-state index is 12.3. The van der Waals surface area contributed by atoms with Crippen LogP contribution in [0, 0.1) is 5.92 Å². The number of nitrogens with one attached hydrogen (secondary N) is 1. The van der Waals surface area contributed by atoms with Crippen molar-refractivity contribution in [2.24, 2.45) is 5.92 Å². The maximum Gasteiger partial charge on any atom is 0.227 e. The fourth-order valence-electron chi connectivity index (χ4n) is 2.68. The van der Waals surface area contributed by atoms with Crippen molar-refractivity contribution in [2.45, 2.75) is 19.3 Å². The number of hydrogen-bond donors (Lipinski definition) is 1. The Morgan fingerprint density at radius 1 is 1.40 bits per heavy atom. The molecule has 1 saturated heterocycles. The largest absolute Gasteiger partial charge is 0.342 e. The fourth-order valence-corrected chi connectivity index (χ4v) is 3.00. The highest BCUT2D eigenvalue weighted by Crippen LogP contribution is 2.23. The van der Waals surface area contributed by atoms with Crippen molar-refractivity contribution in [3.63, 3.8) is 0 Å². The number of piperidine rings is 1. The van der Waals surface area contributed by atoms with E-state index in [1.165, 1.54) is 6.42 Å². The van der Waals surface area contributed by atoms with Crippen LogP contribution in [-0.4, -0.2) is 37.5 Å². The van der Waals surface area contributed by atoms with Crippen LogP contribution >= 0.6 is 23.2 Å². The van der Waals surface area contributed by atoms with Crippen LogP contribution in [0.3, 0.4) is 0 Å². The second kappa shape index (κ2) is 7.30. The van der Waals surface area contributed by atoms with Gasteiger partial charge in [0, 0.05) is 13.1 Å². The molecule has 1 unspecified atom stereocenters. The van der Waals surface area contributed by atoms with Gasteiger partial charge in [-0.25, -0.2) is 0 Å². The van der Waals surface area contributed by atoms with Crippen LogP contribution in [0.4, 0.5) is 0 Å². The average Bonchev–Trinajstić information content (AvgIpc) is 2.43. The van der Waals surface area contributed by atoms with Gasteiger partial charge in [-0.15, -0.1) is 0 Å². The van der Waals surface area contributed by atoms with Crippen molar-refractivity contribution in [3.05, 3.63) is 33.8 Å². The van der Waals surface area contributed by atoms with Crippen molar-refractivity contribution >= 4 is 29.1 Å². The van der Waals surface area contributed by atoms with E-state index in [2.05, 4.69) is 5.32 Å². The van der Waals surface area contributed by atoms with Crippen LogP contribution in [0.2, 0.25) is 10.0 Å². The molecule has 1 atom stereocenters. The predicted molar refractivity (Wildman–Crippen MR) is 83.4 cm³/mol. The molecule has 1 aliphatic rings. The van der Waals surface area contributed by atoms with Crippen LogP contribution < -0.4 is 5.32 Å². The number of carbonyl (C=O) groups is 1. The lowest BCUT2D eigenvalue weighted by atomic mass is 9.97. The third-order valence-corrected chi connectivity index (χ3v) is 4.44. The van der Waals surface area contributed by atoms with E-state index in [1.54, 1.807) is 12.1 Å². The third-order valence-electron chi connectivity index (χ3n) is 3.70. The molecule has 1 fully saturated rings. The summed E-state index contributed by atoms with van der Waals surface area (Å²) in [5, 5.41) is 4.22. The summed E-state index contributed by atoms with van der Waals surface area (Å²) in [7, 11) is 1.95. The standard InChI is InChI=1S/C15H20Cl2N2O/c1-18-9-12-3-2-6-19(10-12)15(20)8-11-4-5-13(16)14(17)7-11/h4-5,7,12,18H,2-3,6,8-10H2,1H3. The van der Waals surface area contributed by atoms with Crippen molar-refractivity contribution < 1.29 is 4.79 Å². The van der Waals surface area contributed by atoms with Crippen LogP contribution in [0.1, 0.15) is 18.4 Å². The summed E-state index contributed by atoms with van der Waals surface area (Å²) in [5.41, 5.74) is 0.917. The molecule has 1 aromatic carbocycles. The highest BCUT2D eigenvalue weighted by molar-refractivity contribution is 6.42. The zero-order valence-electron chi connectivity index (χ0n) is 11.7. The van der Waals surface area contributed by atoms with Gasteiger partial charge in [-0.05, 0) is 50.0 Å². The molecule has 0 aromatic heterocycles. The molecule has 2 rings (SSSR count). The van der Waals surface area contributed by atoms with Crippen LogP contribution in [0.5, 0.6) is 0 Å². The Balaban J connectivity index is 1.95. The number of halogens is 2. The van der Waals surface area contributed by atoms with Crippen molar-refractivity contribution in [1.82, 2.24) is 10.2 Å². The van der Waals surface area contributed by atoms with Gasteiger partial charge in [0.2, 0.25) is 5.91 Å². The summed E-state index contributed by atoms with van der Waals surface area (Å²) < 4.78 is 0. The van der Waals surface area contributed by atoms with E-state index >= 15 is 0 Å². The minimum absolute atomic E-state index is 0.171. The molecular weight excluding hydrogens is 295 g/mol. The summed E-state index contributed by atoms with van der Waals surface area (Å²) in [6, 6.07) is 5.38. The van der Waals surface area contributed by atoms with Gasteiger partial charge in [0.15, 0.2) is 0 Å². The van der Waals surface area contributed by atoms with E-state index < -0.39 is 0 Å². The highest BCUT2D eigenvalue weighted by Gasteiger charge is 2.23. The smallest absolute Gasteiger partial charge is 0.227 e. The normalized spacial score (nSPS) is 19.1. The zero-order chi connectivity index (χ0) is 14.5. The van der Waals surface area contributed by atoms with E-state index in [1.807, 2.05) is 18.0 Å².